The molecule has 9 heteroatoms. The van der Waals surface area contributed by atoms with E-state index in [9.17, 15) is 15.2 Å². The van der Waals surface area contributed by atoms with E-state index in [-0.39, 0.29) is 28.4 Å². The van der Waals surface area contributed by atoms with Gasteiger partial charge in [-0.25, -0.2) is 4.79 Å². The van der Waals surface area contributed by atoms with Gasteiger partial charge in [0.2, 0.25) is 11.8 Å². The van der Waals surface area contributed by atoms with Gasteiger partial charge in [-0.15, -0.1) is 0 Å². The van der Waals surface area contributed by atoms with Gasteiger partial charge in [-0.1, -0.05) is 46.3 Å². The molecule has 0 radical (unpaired) electrons. The summed E-state index contributed by atoms with van der Waals surface area (Å²) >= 11 is 3.45. The zero-order chi connectivity index (χ0) is 25.7. The Morgan fingerprint density at radius 1 is 1.05 bits per heavy atom. The van der Waals surface area contributed by atoms with Crippen LogP contribution < -0.4 is 16.1 Å². The summed E-state index contributed by atoms with van der Waals surface area (Å²) in [5, 5.41) is 25.3. The Bertz CT molecular complexity index is 1820. The van der Waals surface area contributed by atoms with Gasteiger partial charge < -0.3 is 20.0 Å². The number of nitrogens with zero attached hydrogens (tertiary/aromatic N) is 3. The number of allylic oxidation sites excluding steroid dienone is 1. The van der Waals surface area contributed by atoms with Crippen molar-refractivity contribution in [2.24, 2.45) is 5.73 Å². The smallest absolute Gasteiger partial charge is 0.345 e. The van der Waals surface area contributed by atoms with Crippen LogP contribution in [0.5, 0.6) is 11.6 Å². The molecule has 1 unspecified atom stereocenters. The fraction of sp³-hybridized carbons (Fsp3) is 0.0357. The summed E-state index contributed by atoms with van der Waals surface area (Å²) in [4.78, 5) is 13.2. The van der Waals surface area contributed by atoms with E-state index in [0.29, 0.717) is 28.2 Å². The minimum atomic E-state index is -0.649. The molecule has 1 aliphatic rings. The summed E-state index contributed by atoms with van der Waals surface area (Å²) in [5.74, 6) is -0.398. The molecule has 3 aromatic carbocycles. The number of halogens is 1. The molecule has 8 nitrogen and oxygen atoms in total. The molecular formula is C28H17BrN4O4. The highest BCUT2D eigenvalue weighted by Gasteiger charge is 2.38. The molecule has 37 heavy (non-hydrogen) atoms. The predicted octanol–water partition coefficient (Wildman–Crippen LogP) is 5.33. The summed E-state index contributed by atoms with van der Waals surface area (Å²) in [5.41, 5.74) is 8.52. The number of ether oxygens (including phenoxy) is 1. The van der Waals surface area contributed by atoms with Crippen LogP contribution in [0.2, 0.25) is 0 Å². The molecule has 1 atom stereocenters. The van der Waals surface area contributed by atoms with Crippen LogP contribution in [-0.2, 0) is 0 Å². The van der Waals surface area contributed by atoms with Crippen LogP contribution in [0.3, 0.4) is 0 Å². The molecule has 6 rings (SSSR count). The zero-order valence-electron chi connectivity index (χ0n) is 19.1. The molecule has 1 aliphatic heterocycles. The number of fused-ring (bicyclic) bond motifs is 2. The highest BCUT2D eigenvalue weighted by Crippen LogP contribution is 2.47. The van der Waals surface area contributed by atoms with Crippen molar-refractivity contribution in [3.8, 4) is 34.6 Å². The van der Waals surface area contributed by atoms with E-state index in [1.165, 1.54) is 12.1 Å². The molecular weight excluding hydrogens is 536 g/mol. The SMILES string of the molecule is N#CC1=C(N)Oc2c(c(-c3cc4ccc(O)cc4oc3=O)nn2-c2ccccc2)C1c1ccc(Br)cc1. The molecule has 0 spiro atoms. The van der Waals surface area contributed by atoms with Crippen molar-refractivity contribution in [3.05, 3.63) is 116 Å². The van der Waals surface area contributed by atoms with Crippen LogP contribution in [0, 0.1) is 11.3 Å². The van der Waals surface area contributed by atoms with Gasteiger partial charge in [0.05, 0.1) is 22.7 Å². The lowest BCUT2D eigenvalue weighted by molar-refractivity contribution is 0.367. The van der Waals surface area contributed by atoms with Crippen molar-refractivity contribution in [1.82, 2.24) is 9.78 Å². The minimum absolute atomic E-state index is 0.0166. The summed E-state index contributed by atoms with van der Waals surface area (Å²) in [7, 11) is 0. The maximum absolute atomic E-state index is 13.2. The Morgan fingerprint density at radius 2 is 1.81 bits per heavy atom. The number of aromatic nitrogens is 2. The molecule has 0 saturated heterocycles. The molecule has 3 N–H and O–H groups in total. The fourth-order valence-electron chi connectivity index (χ4n) is 4.54. The Hall–Kier alpha value is -4.81. The van der Waals surface area contributed by atoms with Gasteiger partial charge in [-0.2, -0.15) is 15.0 Å². The number of hydrogen-bond donors (Lipinski definition) is 2. The van der Waals surface area contributed by atoms with Gasteiger partial charge in [-0.05, 0) is 48.0 Å². The van der Waals surface area contributed by atoms with Crippen molar-refractivity contribution in [1.29, 1.82) is 5.26 Å². The van der Waals surface area contributed by atoms with E-state index in [4.69, 9.17) is 20.0 Å². The molecule has 180 valence electrons. The van der Waals surface area contributed by atoms with Gasteiger partial charge in [0.25, 0.3) is 0 Å². The number of nitrogens with two attached hydrogens (primary N) is 1. The molecule has 0 saturated carbocycles. The van der Waals surface area contributed by atoms with E-state index < -0.39 is 11.5 Å². The van der Waals surface area contributed by atoms with Crippen molar-refractivity contribution in [3.63, 3.8) is 0 Å². The van der Waals surface area contributed by atoms with Gasteiger partial charge in [-0.3, -0.25) is 0 Å². The standard InChI is InChI=1S/C28H17BrN4O4/c29-17-9-6-15(7-10-17)23-21(14-30)26(31)37-27-24(23)25(32-33(27)18-4-2-1-3-5-18)20-12-16-8-11-19(34)13-22(16)36-28(20)35/h1-13,23,34H,31H2. The lowest BCUT2D eigenvalue weighted by Crippen LogP contribution is -2.22. The third kappa shape index (κ3) is 3.75. The monoisotopic (exact) mass is 552 g/mol. The molecule has 2 aromatic heterocycles. The second-order valence-electron chi connectivity index (χ2n) is 8.46. The average Bonchev–Trinajstić information content (AvgIpc) is 3.27. The molecule has 0 fully saturated rings. The lowest BCUT2D eigenvalue weighted by Gasteiger charge is -2.25. The Kier molecular flexibility index (Phi) is 5.32. The van der Waals surface area contributed by atoms with Gasteiger partial charge >= 0.3 is 5.63 Å². The van der Waals surface area contributed by atoms with E-state index >= 15 is 0 Å². The highest BCUT2D eigenvalue weighted by molar-refractivity contribution is 9.10. The van der Waals surface area contributed by atoms with Crippen LogP contribution in [0.25, 0.3) is 27.9 Å². The second kappa shape index (κ2) is 8.69. The number of aromatic hydroxyl groups is 1. The number of rotatable bonds is 3. The second-order valence-corrected chi connectivity index (χ2v) is 9.38. The van der Waals surface area contributed by atoms with Crippen LogP contribution in [0.4, 0.5) is 0 Å². The number of para-hydroxylation sites is 1. The third-order valence-electron chi connectivity index (χ3n) is 6.23. The largest absolute Gasteiger partial charge is 0.508 e. The van der Waals surface area contributed by atoms with Crippen molar-refractivity contribution in [2.75, 3.05) is 0 Å². The number of benzene rings is 3. The van der Waals surface area contributed by atoms with E-state index in [1.807, 2.05) is 54.6 Å². The van der Waals surface area contributed by atoms with Crippen LogP contribution in [0.15, 0.2) is 104 Å². The maximum atomic E-state index is 13.2. The molecule has 0 aliphatic carbocycles. The average molecular weight is 553 g/mol. The topological polar surface area (TPSA) is 127 Å². The Morgan fingerprint density at radius 3 is 2.54 bits per heavy atom. The van der Waals surface area contributed by atoms with E-state index in [2.05, 4.69) is 22.0 Å². The molecule has 0 amide bonds. The fourth-order valence-corrected chi connectivity index (χ4v) is 4.80. The number of phenols is 1. The molecule has 5 aromatic rings. The number of nitriles is 1. The van der Waals surface area contributed by atoms with Crippen molar-refractivity contribution >= 4 is 26.9 Å². The maximum Gasteiger partial charge on any atom is 0.345 e. The van der Waals surface area contributed by atoms with Gasteiger partial charge in [0.1, 0.15) is 28.7 Å². The van der Waals surface area contributed by atoms with Gasteiger partial charge in [0, 0.05) is 15.9 Å². The molecule has 3 heterocycles. The van der Waals surface area contributed by atoms with Crippen molar-refractivity contribution < 1.29 is 14.3 Å². The number of hydrogen-bond acceptors (Lipinski definition) is 7. The van der Waals surface area contributed by atoms with Crippen LogP contribution in [0.1, 0.15) is 17.0 Å². The third-order valence-corrected chi connectivity index (χ3v) is 6.76. The quantitative estimate of drug-likeness (QED) is 0.289. The zero-order valence-corrected chi connectivity index (χ0v) is 20.6. The normalized spacial score (nSPS) is 14.8. The summed E-state index contributed by atoms with van der Waals surface area (Å²) in [6.45, 7) is 0. The van der Waals surface area contributed by atoms with Crippen LogP contribution >= 0.6 is 15.9 Å². The number of phenolic OH excluding ortho intramolecular Hbond substituents is 1. The predicted molar refractivity (Wildman–Crippen MR) is 140 cm³/mol. The molecule has 0 bridgehead atoms. The first-order valence-electron chi connectivity index (χ1n) is 11.2. The first-order valence-corrected chi connectivity index (χ1v) is 12.0. The van der Waals surface area contributed by atoms with Crippen LogP contribution in [-0.4, -0.2) is 14.9 Å². The Labute approximate surface area is 218 Å². The summed E-state index contributed by atoms with van der Waals surface area (Å²) in [6.07, 6.45) is 0. The first-order chi connectivity index (χ1) is 17.9. The summed E-state index contributed by atoms with van der Waals surface area (Å²) in [6, 6.07) is 25.2. The lowest BCUT2D eigenvalue weighted by atomic mass is 9.83. The summed E-state index contributed by atoms with van der Waals surface area (Å²) < 4.78 is 14.0. The van der Waals surface area contributed by atoms with E-state index in [0.717, 1.165) is 10.0 Å². The highest BCUT2D eigenvalue weighted by atomic mass is 79.9. The first kappa shape index (κ1) is 22.6. The van der Waals surface area contributed by atoms with Crippen molar-refractivity contribution in [2.45, 2.75) is 5.92 Å². The van der Waals surface area contributed by atoms with E-state index in [1.54, 1.807) is 16.8 Å². The van der Waals surface area contributed by atoms with Gasteiger partial charge in [0.15, 0.2) is 0 Å². The minimum Gasteiger partial charge on any atom is -0.508 e. The Balaban J connectivity index is 1.69.